The van der Waals surface area contributed by atoms with Crippen molar-refractivity contribution in [1.29, 1.82) is 0 Å². The summed E-state index contributed by atoms with van der Waals surface area (Å²) in [6, 6.07) is 0. The van der Waals surface area contributed by atoms with E-state index in [4.69, 9.17) is 4.74 Å². The summed E-state index contributed by atoms with van der Waals surface area (Å²) < 4.78 is 5.55. The molecule has 2 saturated carbocycles. The molecular formula is C37H71ClN2O4. The first-order chi connectivity index (χ1) is 20.0. The Kier molecular flexibility index (Phi) is 15.3. The molecule has 6 nitrogen and oxygen atoms in total. The minimum Gasteiger partial charge on any atom is -0.444 e. The van der Waals surface area contributed by atoms with E-state index in [-0.39, 0.29) is 18.5 Å². The monoisotopic (exact) mass is 643 g/mol. The van der Waals surface area contributed by atoms with E-state index in [1.54, 1.807) is 0 Å². The zero-order chi connectivity index (χ0) is 31.8. The lowest BCUT2D eigenvalue weighted by Gasteiger charge is -2.49. The number of amides is 1. The zero-order valence-electron chi connectivity index (χ0n) is 29.8. The molecule has 2 heterocycles. The first-order valence-corrected chi connectivity index (χ1v) is 18.2. The van der Waals surface area contributed by atoms with Crippen LogP contribution in [-0.4, -0.2) is 64.2 Å². The van der Waals surface area contributed by atoms with Crippen molar-refractivity contribution in [2.24, 2.45) is 22.7 Å². The van der Waals surface area contributed by atoms with Crippen LogP contribution in [0.3, 0.4) is 0 Å². The molecule has 0 atom stereocenters. The Labute approximate surface area is 277 Å². The number of rotatable bonds is 8. The van der Waals surface area contributed by atoms with Crippen molar-refractivity contribution in [3.8, 4) is 0 Å². The number of hydrogen-bond donors (Lipinski definition) is 3. The maximum atomic E-state index is 12.4. The van der Waals surface area contributed by atoms with E-state index in [1.165, 1.54) is 96.6 Å². The SMILES string of the molecule is CC(C)(O)CCC1(C2CCCCC2)CCN(C(=O)OC(C)(C)C)CC1.CC(C)(O)CCC1(C2CCCCC2)CCNCC1.Cl. The summed E-state index contributed by atoms with van der Waals surface area (Å²) in [4.78, 5) is 14.3. The molecule has 2 saturated heterocycles. The molecule has 2 aliphatic heterocycles. The first-order valence-electron chi connectivity index (χ1n) is 18.2. The minimum absolute atomic E-state index is 0. The summed E-state index contributed by atoms with van der Waals surface area (Å²) in [6.45, 7) is 17.5. The van der Waals surface area contributed by atoms with Crippen LogP contribution >= 0.6 is 12.4 Å². The summed E-state index contributed by atoms with van der Waals surface area (Å²) >= 11 is 0. The van der Waals surface area contributed by atoms with Gasteiger partial charge < -0.3 is 25.2 Å². The second kappa shape index (κ2) is 17.0. The largest absolute Gasteiger partial charge is 0.444 e. The molecule has 0 bridgehead atoms. The van der Waals surface area contributed by atoms with Crippen LogP contribution in [0.1, 0.15) is 164 Å². The topological polar surface area (TPSA) is 82.0 Å². The van der Waals surface area contributed by atoms with Gasteiger partial charge in [-0.25, -0.2) is 4.79 Å². The molecule has 2 aliphatic carbocycles. The van der Waals surface area contributed by atoms with Crippen molar-refractivity contribution in [2.75, 3.05) is 26.2 Å². The molecule has 0 radical (unpaired) electrons. The Bertz CT molecular complexity index is 818. The van der Waals surface area contributed by atoms with E-state index in [2.05, 4.69) is 5.32 Å². The molecule has 0 aromatic rings. The fourth-order valence-electron chi connectivity index (χ4n) is 8.65. The van der Waals surface area contributed by atoms with Crippen molar-refractivity contribution in [3.05, 3.63) is 0 Å². The van der Waals surface area contributed by atoms with Crippen LogP contribution in [0.4, 0.5) is 4.79 Å². The number of nitrogens with one attached hydrogen (secondary N) is 1. The summed E-state index contributed by atoms with van der Waals surface area (Å²) in [5, 5.41) is 23.8. The third-order valence-corrected chi connectivity index (χ3v) is 11.4. The molecule has 4 aliphatic rings. The second-order valence-electron chi connectivity index (χ2n) is 17.2. The van der Waals surface area contributed by atoms with E-state index in [1.807, 2.05) is 53.4 Å². The second-order valence-corrected chi connectivity index (χ2v) is 17.2. The van der Waals surface area contributed by atoms with E-state index in [0.717, 1.165) is 57.0 Å². The fraction of sp³-hybridized carbons (Fsp3) is 0.973. The van der Waals surface area contributed by atoms with Gasteiger partial charge in [-0.3, -0.25) is 0 Å². The Morgan fingerprint density at radius 1 is 0.705 bits per heavy atom. The fourth-order valence-corrected chi connectivity index (χ4v) is 8.65. The van der Waals surface area contributed by atoms with Gasteiger partial charge >= 0.3 is 6.09 Å². The van der Waals surface area contributed by atoms with Crippen molar-refractivity contribution in [3.63, 3.8) is 0 Å². The summed E-state index contributed by atoms with van der Waals surface area (Å²) in [5.74, 6) is 1.68. The summed E-state index contributed by atoms with van der Waals surface area (Å²) in [5.41, 5.74) is -0.711. The molecule has 7 heteroatoms. The van der Waals surface area contributed by atoms with Crippen LogP contribution in [-0.2, 0) is 4.74 Å². The first kappa shape index (κ1) is 39.6. The number of ether oxygens (including phenoxy) is 1. The van der Waals surface area contributed by atoms with E-state index in [0.29, 0.717) is 10.8 Å². The average Bonchev–Trinajstić information content (AvgIpc) is 2.95. The lowest BCUT2D eigenvalue weighted by molar-refractivity contribution is -0.0224. The van der Waals surface area contributed by atoms with E-state index >= 15 is 0 Å². The molecule has 0 unspecified atom stereocenters. The van der Waals surface area contributed by atoms with E-state index < -0.39 is 16.8 Å². The van der Waals surface area contributed by atoms with Crippen molar-refractivity contribution in [2.45, 2.75) is 181 Å². The van der Waals surface area contributed by atoms with Crippen molar-refractivity contribution >= 4 is 18.5 Å². The predicted octanol–water partition coefficient (Wildman–Crippen LogP) is 9.04. The Morgan fingerprint density at radius 3 is 1.45 bits per heavy atom. The van der Waals surface area contributed by atoms with Crippen LogP contribution in [0.2, 0.25) is 0 Å². The number of hydrogen-bond acceptors (Lipinski definition) is 5. The molecule has 4 rings (SSSR count). The zero-order valence-corrected chi connectivity index (χ0v) is 30.6. The Hall–Kier alpha value is -0.560. The van der Waals surface area contributed by atoms with Crippen LogP contribution in [0.25, 0.3) is 0 Å². The highest BCUT2D eigenvalue weighted by Gasteiger charge is 2.44. The highest BCUT2D eigenvalue weighted by atomic mass is 35.5. The van der Waals surface area contributed by atoms with Crippen LogP contribution < -0.4 is 5.32 Å². The Balaban J connectivity index is 0.000000315. The summed E-state index contributed by atoms with van der Waals surface area (Å²) in [7, 11) is 0. The molecule has 0 spiro atoms. The lowest BCUT2D eigenvalue weighted by Crippen LogP contribution is -2.48. The average molecular weight is 643 g/mol. The van der Waals surface area contributed by atoms with Gasteiger partial charge in [0, 0.05) is 13.1 Å². The van der Waals surface area contributed by atoms with Crippen LogP contribution in [0.5, 0.6) is 0 Å². The van der Waals surface area contributed by atoms with Gasteiger partial charge in [0.05, 0.1) is 11.2 Å². The van der Waals surface area contributed by atoms with Crippen molar-refractivity contribution in [1.82, 2.24) is 10.2 Å². The van der Waals surface area contributed by atoms with E-state index in [9.17, 15) is 15.0 Å². The molecule has 260 valence electrons. The van der Waals surface area contributed by atoms with Crippen LogP contribution in [0, 0.1) is 22.7 Å². The van der Waals surface area contributed by atoms with Crippen LogP contribution in [0.15, 0.2) is 0 Å². The van der Waals surface area contributed by atoms with Gasteiger partial charge in [0.25, 0.3) is 0 Å². The standard InChI is InChI=1S/C21H39NO3.C16H31NO.ClH/c1-19(2,3)25-18(23)22-15-13-21(14-16-22,12-11-20(4,5)24)17-9-7-6-8-10-17;1-15(2,18)8-9-16(10-12-17-13-11-16)14-6-4-3-5-7-14;/h17,24H,6-16H2,1-5H3;14,17-18H,3-13H2,1-2H3;1H. The molecule has 0 aromatic carbocycles. The maximum Gasteiger partial charge on any atom is 0.410 e. The smallest absolute Gasteiger partial charge is 0.410 e. The quantitative estimate of drug-likeness (QED) is 0.246. The molecular weight excluding hydrogens is 572 g/mol. The molecule has 4 fully saturated rings. The lowest BCUT2D eigenvalue weighted by atomic mass is 9.61. The minimum atomic E-state index is -0.607. The number of aliphatic hydroxyl groups is 2. The molecule has 1 amide bonds. The molecule has 0 aromatic heterocycles. The number of nitrogens with zero attached hydrogens (tertiary/aromatic N) is 1. The molecule has 44 heavy (non-hydrogen) atoms. The predicted molar refractivity (Wildman–Crippen MR) is 185 cm³/mol. The van der Waals surface area contributed by atoms with Gasteiger partial charge in [-0.2, -0.15) is 0 Å². The van der Waals surface area contributed by atoms with Gasteiger partial charge in [-0.15, -0.1) is 12.4 Å². The number of halogens is 1. The normalized spacial score (nSPS) is 23.6. The third kappa shape index (κ3) is 12.9. The number of carbonyl (C=O) groups excluding carboxylic acids is 1. The maximum absolute atomic E-state index is 12.4. The molecule has 3 N–H and O–H groups in total. The highest BCUT2D eigenvalue weighted by molar-refractivity contribution is 5.85. The Morgan fingerprint density at radius 2 is 1.09 bits per heavy atom. The highest BCUT2D eigenvalue weighted by Crippen LogP contribution is 2.50. The number of carbonyl (C=O) groups is 1. The number of piperidine rings is 2. The number of likely N-dealkylation sites (tertiary alicyclic amines) is 1. The summed E-state index contributed by atoms with van der Waals surface area (Å²) in [6.07, 6.45) is 22.5. The van der Waals surface area contributed by atoms with Gasteiger partial charge in [0.15, 0.2) is 0 Å². The van der Waals surface area contributed by atoms with Gasteiger partial charge in [-0.1, -0.05) is 38.5 Å². The van der Waals surface area contributed by atoms with Crippen molar-refractivity contribution < 1.29 is 19.7 Å². The third-order valence-electron chi connectivity index (χ3n) is 11.4. The van der Waals surface area contributed by atoms with Gasteiger partial charge in [-0.05, 0) is 161 Å². The van der Waals surface area contributed by atoms with Gasteiger partial charge in [0.1, 0.15) is 5.60 Å². The van der Waals surface area contributed by atoms with Gasteiger partial charge in [0.2, 0.25) is 0 Å².